The van der Waals surface area contributed by atoms with Crippen molar-refractivity contribution in [3.63, 3.8) is 0 Å². The number of rotatable bonds is 7. The Bertz CT molecular complexity index is 1440. The third-order valence-corrected chi connectivity index (χ3v) is 7.37. The van der Waals surface area contributed by atoms with Gasteiger partial charge in [-0.3, -0.25) is 5.10 Å². The second-order valence-electron chi connectivity index (χ2n) is 9.88. The number of aromatic nitrogens is 3. The van der Waals surface area contributed by atoms with Crippen LogP contribution in [0.4, 0.5) is 4.39 Å². The van der Waals surface area contributed by atoms with Gasteiger partial charge in [0.1, 0.15) is 11.9 Å². The fraction of sp³-hybridized carbons (Fsp3) is 0.393. The predicted octanol–water partition coefficient (Wildman–Crippen LogP) is 5.21. The van der Waals surface area contributed by atoms with Gasteiger partial charge >= 0.3 is 5.97 Å². The molecule has 1 atom stereocenters. The molecule has 1 aliphatic heterocycles. The van der Waals surface area contributed by atoms with Gasteiger partial charge in [-0.05, 0) is 55.0 Å². The van der Waals surface area contributed by atoms with E-state index in [-0.39, 0.29) is 23.9 Å². The molecule has 4 aromatic rings. The van der Waals surface area contributed by atoms with E-state index in [1.807, 2.05) is 6.07 Å². The zero-order chi connectivity index (χ0) is 25.5. The minimum atomic E-state index is -0.974. The van der Waals surface area contributed by atoms with Crippen LogP contribution in [0.25, 0.3) is 32.8 Å². The average molecular weight is 506 g/mol. The number of carbonyl (C=O) groups is 1. The summed E-state index contributed by atoms with van der Waals surface area (Å²) in [5.74, 6) is -0.550. The van der Waals surface area contributed by atoms with Gasteiger partial charge in [-0.1, -0.05) is 12.1 Å². The van der Waals surface area contributed by atoms with Crippen molar-refractivity contribution in [2.45, 2.75) is 56.8 Å². The van der Waals surface area contributed by atoms with Crippen LogP contribution in [0.3, 0.4) is 0 Å². The monoisotopic (exact) mass is 505 g/mol. The number of aromatic amines is 1. The topological polar surface area (TPSA) is 107 Å². The summed E-state index contributed by atoms with van der Waals surface area (Å²) in [4.78, 5) is 16.2. The molecule has 2 fully saturated rings. The Morgan fingerprint density at radius 2 is 1.89 bits per heavy atom. The minimum Gasteiger partial charge on any atom is -0.479 e. The van der Waals surface area contributed by atoms with E-state index in [0.29, 0.717) is 31.9 Å². The Kier molecular flexibility index (Phi) is 6.26. The van der Waals surface area contributed by atoms with E-state index in [9.17, 15) is 9.18 Å². The van der Waals surface area contributed by atoms with E-state index in [4.69, 9.17) is 24.3 Å². The zero-order valence-electron chi connectivity index (χ0n) is 20.4. The molecule has 0 amide bonds. The lowest BCUT2D eigenvalue weighted by atomic mass is 9.87. The Morgan fingerprint density at radius 3 is 2.62 bits per heavy atom. The maximum absolute atomic E-state index is 13.8. The number of ether oxygens (including phenoxy) is 3. The van der Waals surface area contributed by atoms with E-state index < -0.39 is 12.1 Å². The molecule has 1 saturated carbocycles. The number of hydrogen-bond acceptors (Lipinski definition) is 6. The SMILES string of the molecule is CC(OC1CC(Oc2nc(C3CCOCC3)c(-c3ccc(F)cc3)c3cc4cn[nH]c4cc23)C1)C(=O)O. The van der Waals surface area contributed by atoms with Crippen LogP contribution in [0, 0.1) is 5.82 Å². The normalized spacial score (nSPS) is 21.1. The molecular formula is C28H28FN3O5. The van der Waals surface area contributed by atoms with Gasteiger partial charge in [0.15, 0.2) is 6.10 Å². The molecule has 1 aliphatic carbocycles. The van der Waals surface area contributed by atoms with E-state index in [2.05, 4.69) is 16.3 Å². The third-order valence-electron chi connectivity index (χ3n) is 7.37. The van der Waals surface area contributed by atoms with Crippen molar-refractivity contribution in [3.8, 4) is 17.0 Å². The molecule has 2 aromatic heterocycles. The van der Waals surface area contributed by atoms with Crippen LogP contribution in [0.5, 0.6) is 5.88 Å². The van der Waals surface area contributed by atoms with Crippen molar-refractivity contribution >= 4 is 27.6 Å². The van der Waals surface area contributed by atoms with E-state index in [0.717, 1.165) is 51.3 Å². The van der Waals surface area contributed by atoms with Crippen LogP contribution in [0.1, 0.15) is 44.2 Å². The van der Waals surface area contributed by atoms with Crippen LogP contribution in [-0.2, 0) is 14.3 Å². The van der Waals surface area contributed by atoms with Gasteiger partial charge < -0.3 is 19.3 Å². The summed E-state index contributed by atoms with van der Waals surface area (Å²) in [7, 11) is 0. The van der Waals surface area contributed by atoms with Crippen LogP contribution < -0.4 is 4.74 Å². The molecule has 1 saturated heterocycles. The number of carboxylic acid groups (broad SMARTS) is 1. The number of pyridine rings is 1. The van der Waals surface area contributed by atoms with Gasteiger partial charge in [0.05, 0.1) is 23.5 Å². The lowest BCUT2D eigenvalue weighted by Crippen LogP contribution is -2.42. The number of aliphatic carboxylic acids is 1. The molecule has 0 spiro atoms. The molecule has 2 aromatic carbocycles. The number of nitrogens with one attached hydrogen (secondary N) is 1. The highest BCUT2D eigenvalue weighted by atomic mass is 19.1. The van der Waals surface area contributed by atoms with Crippen molar-refractivity contribution in [3.05, 3.63) is 54.1 Å². The van der Waals surface area contributed by atoms with Crippen LogP contribution in [0.2, 0.25) is 0 Å². The summed E-state index contributed by atoms with van der Waals surface area (Å²) in [6, 6.07) is 10.6. The van der Waals surface area contributed by atoms with Gasteiger partial charge in [0, 0.05) is 48.3 Å². The van der Waals surface area contributed by atoms with Crippen molar-refractivity contribution in [1.29, 1.82) is 0 Å². The molecule has 192 valence electrons. The summed E-state index contributed by atoms with van der Waals surface area (Å²) < 4.78 is 31.5. The smallest absolute Gasteiger partial charge is 0.332 e. The minimum absolute atomic E-state index is 0.127. The predicted molar refractivity (Wildman–Crippen MR) is 135 cm³/mol. The quantitative estimate of drug-likeness (QED) is 0.355. The number of fused-ring (bicyclic) bond motifs is 2. The zero-order valence-corrected chi connectivity index (χ0v) is 20.4. The summed E-state index contributed by atoms with van der Waals surface area (Å²) >= 11 is 0. The van der Waals surface area contributed by atoms with E-state index >= 15 is 0 Å². The lowest BCUT2D eigenvalue weighted by molar-refractivity contribution is -0.160. The largest absolute Gasteiger partial charge is 0.479 e. The molecule has 1 unspecified atom stereocenters. The van der Waals surface area contributed by atoms with Crippen molar-refractivity contribution in [1.82, 2.24) is 15.2 Å². The number of nitrogens with zero attached hydrogens (tertiary/aromatic N) is 2. The van der Waals surface area contributed by atoms with Crippen molar-refractivity contribution in [2.75, 3.05) is 13.2 Å². The molecule has 2 N–H and O–H groups in total. The first-order chi connectivity index (χ1) is 18.0. The Morgan fingerprint density at radius 1 is 1.14 bits per heavy atom. The van der Waals surface area contributed by atoms with E-state index in [1.165, 1.54) is 19.1 Å². The Balaban J connectivity index is 1.44. The maximum atomic E-state index is 13.8. The summed E-state index contributed by atoms with van der Waals surface area (Å²) in [5.41, 5.74) is 3.66. The van der Waals surface area contributed by atoms with Gasteiger partial charge in [0.2, 0.25) is 5.88 Å². The molecule has 8 nitrogen and oxygen atoms in total. The molecule has 9 heteroatoms. The number of benzene rings is 2. The fourth-order valence-electron chi connectivity index (χ4n) is 5.24. The first-order valence-electron chi connectivity index (χ1n) is 12.7. The highest BCUT2D eigenvalue weighted by Gasteiger charge is 2.35. The fourth-order valence-corrected chi connectivity index (χ4v) is 5.24. The first kappa shape index (κ1) is 23.8. The second-order valence-corrected chi connectivity index (χ2v) is 9.88. The standard InChI is InChI=1S/C28H28FN3O5/c1-15(28(33)34)36-20-11-21(12-20)37-27-23-13-24-18(14-30-32-24)10-22(23)25(16-2-4-19(29)5-3-16)26(31-27)17-6-8-35-9-7-17/h2-5,10,13-15,17,20-21H,6-9,11-12H2,1H3,(H,30,32)(H,33,34). The average Bonchev–Trinajstić information content (AvgIpc) is 3.34. The summed E-state index contributed by atoms with van der Waals surface area (Å²) in [6.45, 7) is 2.86. The van der Waals surface area contributed by atoms with Gasteiger partial charge in [0.25, 0.3) is 0 Å². The lowest BCUT2D eigenvalue weighted by Gasteiger charge is -2.36. The number of H-pyrrole nitrogens is 1. The Hall–Kier alpha value is -3.56. The van der Waals surface area contributed by atoms with Gasteiger partial charge in [-0.15, -0.1) is 0 Å². The van der Waals surface area contributed by atoms with Crippen LogP contribution in [-0.4, -0.2) is 57.8 Å². The number of carboxylic acids is 1. The highest BCUT2D eigenvalue weighted by molar-refractivity contribution is 6.06. The molecular weight excluding hydrogens is 477 g/mol. The number of halogens is 1. The summed E-state index contributed by atoms with van der Waals surface area (Å²) in [6.07, 6.45) is 3.52. The first-order valence-corrected chi connectivity index (χ1v) is 12.7. The van der Waals surface area contributed by atoms with Gasteiger partial charge in [-0.2, -0.15) is 5.10 Å². The second kappa shape index (κ2) is 9.72. The maximum Gasteiger partial charge on any atom is 0.332 e. The van der Waals surface area contributed by atoms with Crippen LogP contribution in [0.15, 0.2) is 42.6 Å². The molecule has 37 heavy (non-hydrogen) atoms. The molecule has 3 heterocycles. The molecule has 0 bridgehead atoms. The van der Waals surface area contributed by atoms with Crippen molar-refractivity contribution in [2.24, 2.45) is 0 Å². The molecule has 2 aliphatic rings. The van der Waals surface area contributed by atoms with E-state index in [1.54, 1.807) is 18.3 Å². The molecule has 0 radical (unpaired) electrons. The summed E-state index contributed by atoms with van der Waals surface area (Å²) in [5, 5.41) is 19.1. The Labute approximate surface area is 212 Å². The van der Waals surface area contributed by atoms with Crippen LogP contribution >= 0.6 is 0 Å². The van der Waals surface area contributed by atoms with Gasteiger partial charge in [-0.25, -0.2) is 14.2 Å². The third kappa shape index (κ3) is 4.65. The van der Waals surface area contributed by atoms with Crippen molar-refractivity contribution < 1.29 is 28.5 Å². The molecule has 6 rings (SSSR count). The highest BCUT2D eigenvalue weighted by Crippen LogP contribution is 2.43. The number of hydrogen-bond donors (Lipinski definition) is 2.